The lowest BCUT2D eigenvalue weighted by molar-refractivity contribution is -0.128. The van der Waals surface area contributed by atoms with E-state index in [9.17, 15) is 14.4 Å². The van der Waals surface area contributed by atoms with Crippen molar-refractivity contribution >= 4 is 23.5 Å². The largest absolute Gasteiger partial charge is 0.496 e. The first-order valence-corrected chi connectivity index (χ1v) is 8.13. The molecular formula is C17H21N3O5. The van der Waals surface area contributed by atoms with Crippen LogP contribution in [0.3, 0.4) is 0 Å². The number of ether oxygens (including phenoxy) is 2. The van der Waals surface area contributed by atoms with Crippen molar-refractivity contribution in [1.82, 2.24) is 9.80 Å². The predicted molar refractivity (Wildman–Crippen MR) is 89.2 cm³/mol. The number of benzene rings is 1. The molecule has 2 aliphatic rings. The summed E-state index contributed by atoms with van der Waals surface area (Å²) < 4.78 is 10.1. The van der Waals surface area contributed by atoms with Gasteiger partial charge in [-0.2, -0.15) is 0 Å². The Kier molecular flexibility index (Phi) is 4.89. The molecule has 0 aliphatic carbocycles. The average molecular weight is 347 g/mol. The molecule has 4 amide bonds. The molecular weight excluding hydrogens is 326 g/mol. The number of anilines is 1. The minimum Gasteiger partial charge on any atom is -0.496 e. The molecule has 2 fully saturated rings. The molecule has 0 aromatic heterocycles. The Bertz CT molecular complexity index is 684. The quantitative estimate of drug-likeness (QED) is 0.782. The zero-order valence-electron chi connectivity index (χ0n) is 14.3. The number of urea groups is 1. The molecule has 134 valence electrons. The third-order valence-corrected chi connectivity index (χ3v) is 4.45. The monoisotopic (exact) mass is 347 g/mol. The van der Waals surface area contributed by atoms with Gasteiger partial charge in [0.25, 0.3) is 5.91 Å². The third-order valence-electron chi connectivity index (χ3n) is 4.45. The number of methoxy groups -OCH3 is 2. The lowest BCUT2D eigenvalue weighted by Crippen LogP contribution is -2.32. The molecule has 1 unspecified atom stereocenters. The van der Waals surface area contributed by atoms with Gasteiger partial charge < -0.3 is 19.7 Å². The second-order valence-electron chi connectivity index (χ2n) is 6.07. The molecule has 8 nitrogen and oxygen atoms in total. The number of fused-ring (bicyclic) bond motifs is 1. The summed E-state index contributed by atoms with van der Waals surface area (Å²) in [5, 5.41) is 2.70. The molecule has 3 rings (SSSR count). The Morgan fingerprint density at radius 1 is 1.32 bits per heavy atom. The first kappa shape index (κ1) is 17.2. The van der Waals surface area contributed by atoms with Gasteiger partial charge in [0, 0.05) is 24.9 Å². The van der Waals surface area contributed by atoms with Crippen LogP contribution in [0.5, 0.6) is 5.75 Å². The van der Waals surface area contributed by atoms with Crippen molar-refractivity contribution in [2.75, 3.05) is 32.7 Å². The number of nitrogens with one attached hydrogen (secondary N) is 1. The number of nitrogens with zero attached hydrogens (tertiary/aromatic N) is 2. The van der Waals surface area contributed by atoms with Crippen LogP contribution in [-0.2, 0) is 20.9 Å². The van der Waals surface area contributed by atoms with Crippen LogP contribution in [0.2, 0.25) is 0 Å². The number of rotatable bonds is 6. The van der Waals surface area contributed by atoms with E-state index in [2.05, 4.69) is 5.32 Å². The van der Waals surface area contributed by atoms with Crippen LogP contribution in [0, 0.1) is 0 Å². The topological polar surface area (TPSA) is 88.2 Å². The van der Waals surface area contributed by atoms with Crippen LogP contribution in [0.4, 0.5) is 10.5 Å². The van der Waals surface area contributed by atoms with E-state index in [0.717, 1.165) is 6.42 Å². The third kappa shape index (κ3) is 3.30. The molecule has 8 heteroatoms. The van der Waals surface area contributed by atoms with Gasteiger partial charge in [0.05, 0.1) is 13.7 Å². The summed E-state index contributed by atoms with van der Waals surface area (Å²) in [7, 11) is 2.96. The number of carbonyl (C=O) groups excluding carboxylic acids is 3. The SMILES string of the molecule is COCC(=O)Nc1ccc(OC)c(CN2C(=O)C3CCCN3C2=O)c1. The van der Waals surface area contributed by atoms with Crippen LogP contribution >= 0.6 is 0 Å². The molecule has 2 saturated heterocycles. The summed E-state index contributed by atoms with van der Waals surface area (Å²) >= 11 is 0. The Balaban J connectivity index is 1.80. The maximum Gasteiger partial charge on any atom is 0.327 e. The highest BCUT2D eigenvalue weighted by Crippen LogP contribution is 2.31. The smallest absolute Gasteiger partial charge is 0.327 e. The van der Waals surface area contributed by atoms with Crippen molar-refractivity contribution in [2.45, 2.75) is 25.4 Å². The fourth-order valence-corrected chi connectivity index (χ4v) is 3.31. The summed E-state index contributed by atoms with van der Waals surface area (Å²) in [4.78, 5) is 39.5. The molecule has 0 spiro atoms. The highest BCUT2D eigenvalue weighted by atomic mass is 16.5. The van der Waals surface area contributed by atoms with Crippen LogP contribution in [0.15, 0.2) is 18.2 Å². The second-order valence-corrected chi connectivity index (χ2v) is 6.07. The van der Waals surface area contributed by atoms with Crippen molar-refractivity contribution in [3.05, 3.63) is 23.8 Å². The molecule has 1 atom stereocenters. The molecule has 0 radical (unpaired) electrons. The van der Waals surface area contributed by atoms with E-state index in [-0.39, 0.29) is 37.0 Å². The zero-order valence-corrected chi connectivity index (χ0v) is 14.3. The molecule has 25 heavy (non-hydrogen) atoms. The van der Waals surface area contributed by atoms with Crippen molar-refractivity contribution in [3.63, 3.8) is 0 Å². The number of hydrogen-bond acceptors (Lipinski definition) is 5. The maximum absolute atomic E-state index is 12.5. The molecule has 1 N–H and O–H groups in total. The fraction of sp³-hybridized carbons (Fsp3) is 0.471. The summed E-state index contributed by atoms with van der Waals surface area (Å²) in [6.45, 7) is 0.679. The van der Waals surface area contributed by atoms with Gasteiger partial charge in [-0.3, -0.25) is 14.5 Å². The van der Waals surface area contributed by atoms with Gasteiger partial charge in [0.15, 0.2) is 0 Å². The van der Waals surface area contributed by atoms with Gasteiger partial charge in [0.1, 0.15) is 18.4 Å². The van der Waals surface area contributed by atoms with E-state index < -0.39 is 0 Å². The van der Waals surface area contributed by atoms with Crippen LogP contribution in [0.25, 0.3) is 0 Å². The first-order chi connectivity index (χ1) is 12.0. The van der Waals surface area contributed by atoms with Crippen molar-refractivity contribution in [2.24, 2.45) is 0 Å². The average Bonchev–Trinajstić information content (AvgIpc) is 3.15. The normalized spacial score (nSPS) is 19.4. The van der Waals surface area contributed by atoms with E-state index in [1.54, 1.807) is 23.1 Å². The Morgan fingerprint density at radius 3 is 2.80 bits per heavy atom. The Morgan fingerprint density at radius 2 is 2.12 bits per heavy atom. The van der Waals surface area contributed by atoms with Gasteiger partial charge in [0.2, 0.25) is 5.91 Å². The molecule has 2 heterocycles. The van der Waals surface area contributed by atoms with Crippen LogP contribution in [-0.4, -0.2) is 61.1 Å². The van der Waals surface area contributed by atoms with Gasteiger partial charge in [-0.25, -0.2) is 4.79 Å². The van der Waals surface area contributed by atoms with E-state index in [1.165, 1.54) is 19.1 Å². The molecule has 2 aliphatic heterocycles. The number of carbonyl (C=O) groups is 3. The number of amides is 4. The van der Waals surface area contributed by atoms with Crippen LogP contribution < -0.4 is 10.1 Å². The van der Waals surface area contributed by atoms with E-state index >= 15 is 0 Å². The molecule has 1 aromatic rings. The summed E-state index contributed by atoms with van der Waals surface area (Å²) in [5.41, 5.74) is 1.21. The summed E-state index contributed by atoms with van der Waals surface area (Å²) in [6, 6.07) is 4.51. The highest BCUT2D eigenvalue weighted by Gasteiger charge is 2.47. The van der Waals surface area contributed by atoms with Crippen molar-refractivity contribution in [3.8, 4) is 5.75 Å². The summed E-state index contributed by atoms with van der Waals surface area (Å²) in [6.07, 6.45) is 1.58. The minimum absolute atomic E-state index is 0.0545. The standard InChI is InChI=1S/C17H21N3O5/c1-24-10-15(21)18-12-5-6-14(25-2)11(8-12)9-20-16(22)13-4-3-7-19(13)17(20)23/h5-6,8,13H,3-4,7,9-10H2,1-2H3,(H,18,21). The number of imide groups is 1. The van der Waals surface area contributed by atoms with Crippen molar-refractivity contribution < 1.29 is 23.9 Å². The molecule has 0 saturated carbocycles. The number of hydrogen-bond donors (Lipinski definition) is 1. The molecule has 0 bridgehead atoms. The Hall–Kier alpha value is -2.61. The van der Waals surface area contributed by atoms with Crippen LogP contribution in [0.1, 0.15) is 18.4 Å². The second kappa shape index (κ2) is 7.10. The minimum atomic E-state index is -0.330. The first-order valence-electron chi connectivity index (χ1n) is 8.13. The lowest BCUT2D eigenvalue weighted by atomic mass is 10.1. The predicted octanol–water partition coefficient (Wildman–Crippen LogP) is 1.21. The lowest BCUT2D eigenvalue weighted by Gasteiger charge is -2.18. The van der Waals surface area contributed by atoms with Gasteiger partial charge in [-0.1, -0.05) is 0 Å². The Labute approximate surface area is 145 Å². The zero-order chi connectivity index (χ0) is 18.0. The van der Waals surface area contributed by atoms with Crippen molar-refractivity contribution in [1.29, 1.82) is 0 Å². The fourth-order valence-electron chi connectivity index (χ4n) is 3.31. The maximum atomic E-state index is 12.5. The van der Waals surface area contributed by atoms with E-state index in [0.29, 0.717) is 30.0 Å². The van der Waals surface area contributed by atoms with Gasteiger partial charge in [-0.05, 0) is 31.0 Å². The summed E-state index contributed by atoms with van der Waals surface area (Å²) in [5.74, 6) is 0.100. The molecule has 1 aromatic carbocycles. The van der Waals surface area contributed by atoms with Gasteiger partial charge >= 0.3 is 6.03 Å². The van der Waals surface area contributed by atoms with E-state index in [1.807, 2.05) is 0 Å². The van der Waals surface area contributed by atoms with E-state index in [4.69, 9.17) is 9.47 Å². The van der Waals surface area contributed by atoms with Gasteiger partial charge in [-0.15, -0.1) is 0 Å². The highest BCUT2D eigenvalue weighted by molar-refractivity contribution is 6.04.